The van der Waals surface area contributed by atoms with Crippen LogP contribution in [0.3, 0.4) is 0 Å². The fourth-order valence-corrected chi connectivity index (χ4v) is 2.52. The standard InChI is InChI=1S/C18H15F7O/c1-11-3-7-13(8-4-11)15(26,14-9-5-12(2)6-10-14)16(19,20)17(21,22)18(23,24)25/h3-10,26H,1-2H3. The molecule has 0 saturated heterocycles. The molecule has 1 N–H and O–H groups in total. The molecule has 0 spiro atoms. The molecule has 0 fully saturated rings. The Hall–Kier alpha value is -2.09. The van der Waals surface area contributed by atoms with Crippen LogP contribution in [0.25, 0.3) is 0 Å². The third kappa shape index (κ3) is 2.96. The van der Waals surface area contributed by atoms with E-state index in [0.29, 0.717) is 11.1 Å². The Morgan fingerprint density at radius 3 is 1.15 bits per heavy atom. The first-order valence-corrected chi connectivity index (χ1v) is 7.44. The number of rotatable bonds is 4. The average molecular weight is 380 g/mol. The quantitative estimate of drug-likeness (QED) is 0.707. The van der Waals surface area contributed by atoms with E-state index in [2.05, 4.69) is 0 Å². The van der Waals surface area contributed by atoms with Crippen LogP contribution in [0, 0.1) is 13.8 Å². The summed E-state index contributed by atoms with van der Waals surface area (Å²) in [6.45, 7) is 3.13. The van der Waals surface area contributed by atoms with Gasteiger partial charge in [0.25, 0.3) is 0 Å². The van der Waals surface area contributed by atoms with Crippen LogP contribution in [0.4, 0.5) is 30.7 Å². The Morgan fingerprint density at radius 1 is 0.577 bits per heavy atom. The molecule has 0 aliphatic heterocycles. The number of benzene rings is 2. The van der Waals surface area contributed by atoms with E-state index in [0.717, 1.165) is 24.3 Å². The predicted octanol–water partition coefficient (Wildman–Crippen LogP) is 5.37. The Kier molecular flexibility index (Phi) is 4.87. The van der Waals surface area contributed by atoms with Crippen LogP contribution in [-0.4, -0.2) is 23.1 Å². The highest BCUT2D eigenvalue weighted by molar-refractivity contribution is 5.42. The number of aliphatic hydroxyl groups is 1. The summed E-state index contributed by atoms with van der Waals surface area (Å²) in [7, 11) is 0. The van der Waals surface area contributed by atoms with Gasteiger partial charge in [-0.2, -0.15) is 30.7 Å². The van der Waals surface area contributed by atoms with Crippen LogP contribution in [0.1, 0.15) is 22.3 Å². The summed E-state index contributed by atoms with van der Waals surface area (Å²) in [5.41, 5.74) is -4.36. The second-order valence-electron chi connectivity index (χ2n) is 6.09. The van der Waals surface area contributed by atoms with Gasteiger partial charge in [0.1, 0.15) is 0 Å². The van der Waals surface area contributed by atoms with Crippen molar-refractivity contribution in [3.05, 3.63) is 70.8 Å². The first-order chi connectivity index (χ1) is 11.7. The summed E-state index contributed by atoms with van der Waals surface area (Å²) < 4.78 is 94.6. The van der Waals surface area contributed by atoms with Crippen molar-refractivity contribution in [1.29, 1.82) is 0 Å². The summed E-state index contributed by atoms with van der Waals surface area (Å²) in [6.07, 6.45) is -6.56. The molecule has 0 saturated carbocycles. The number of halogens is 7. The minimum Gasteiger partial charge on any atom is -0.374 e. The van der Waals surface area contributed by atoms with E-state index in [4.69, 9.17) is 0 Å². The van der Waals surface area contributed by atoms with E-state index in [-0.39, 0.29) is 0 Å². The lowest BCUT2D eigenvalue weighted by molar-refractivity contribution is -0.385. The van der Waals surface area contributed by atoms with E-state index in [9.17, 15) is 35.8 Å². The van der Waals surface area contributed by atoms with E-state index < -0.39 is 34.7 Å². The predicted molar refractivity (Wildman–Crippen MR) is 81.3 cm³/mol. The van der Waals surface area contributed by atoms with Gasteiger partial charge < -0.3 is 5.11 Å². The molecule has 0 unspecified atom stereocenters. The van der Waals surface area contributed by atoms with Gasteiger partial charge in [0.15, 0.2) is 5.60 Å². The van der Waals surface area contributed by atoms with Crippen LogP contribution in [-0.2, 0) is 5.60 Å². The maximum Gasteiger partial charge on any atom is 0.460 e. The largest absolute Gasteiger partial charge is 0.460 e. The Bertz CT molecular complexity index is 716. The molecule has 142 valence electrons. The third-order valence-electron chi connectivity index (χ3n) is 4.14. The smallest absolute Gasteiger partial charge is 0.374 e. The minimum absolute atomic E-state index is 0.547. The topological polar surface area (TPSA) is 20.2 Å². The van der Waals surface area contributed by atoms with Gasteiger partial charge in [0.05, 0.1) is 0 Å². The normalized spacial score (nSPS) is 13.8. The Labute approximate surface area is 145 Å². The summed E-state index contributed by atoms with van der Waals surface area (Å²) in [6, 6.07) is 8.52. The van der Waals surface area contributed by atoms with Crippen molar-refractivity contribution in [3.8, 4) is 0 Å². The van der Waals surface area contributed by atoms with Crippen LogP contribution in [0.15, 0.2) is 48.5 Å². The number of hydrogen-bond donors (Lipinski definition) is 1. The highest BCUT2D eigenvalue weighted by atomic mass is 19.4. The molecule has 2 rings (SSSR count). The van der Waals surface area contributed by atoms with E-state index >= 15 is 0 Å². The molecule has 2 aromatic carbocycles. The van der Waals surface area contributed by atoms with Gasteiger partial charge >= 0.3 is 18.0 Å². The molecule has 0 aromatic heterocycles. The van der Waals surface area contributed by atoms with Gasteiger partial charge in [-0.05, 0) is 25.0 Å². The molecule has 0 aliphatic rings. The molecular formula is C18H15F7O. The van der Waals surface area contributed by atoms with Gasteiger partial charge in [-0.15, -0.1) is 0 Å². The first kappa shape index (κ1) is 20.2. The minimum atomic E-state index is -6.56. The monoisotopic (exact) mass is 380 g/mol. The molecular weight excluding hydrogens is 365 g/mol. The third-order valence-corrected chi connectivity index (χ3v) is 4.14. The second-order valence-corrected chi connectivity index (χ2v) is 6.09. The molecule has 8 heteroatoms. The van der Waals surface area contributed by atoms with Crippen LogP contribution >= 0.6 is 0 Å². The fourth-order valence-electron chi connectivity index (χ4n) is 2.52. The van der Waals surface area contributed by atoms with Crippen molar-refractivity contribution in [2.75, 3.05) is 0 Å². The molecule has 0 amide bonds. The zero-order valence-corrected chi connectivity index (χ0v) is 13.7. The summed E-state index contributed by atoms with van der Waals surface area (Å²) >= 11 is 0. The van der Waals surface area contributed by atoms with Crippen molar-refractivity contribution < 1.29 is 35.8 Å². The molecule has 2 aromatic rings. The summed E-state index contributed by atoms with van der Waals surface area (Å²) in [5, 5.41) is 10.6. The van der Waals surface area contributed by atoms with Crippen molar-refractivity contribution >= 4 is 0 Å². The average Bonchev–Trinajstić information content (AvgIpc) is 2.54. The SMILES string of the molecule is Cc1ccc(C(O)(c2ccc(C)cc2)C(F)(F)C(F)(F)C(F)(F)F)cc1. The van der Waals surface area contributed by atoms with Gasteiger partial charge in [-0.1, -0.05) is 59.7 Å². The molecule has 26 heavy (non-hydrogen) atoms. The molecule has 0 heterocycles. The Balaban J connectivity index is 2.79. The van der Waals surface area contributed by atoms with Crippen molar-refractivity contribution in [2.45, 2.75) is 37.5 Å². The van der Waals surface area contributed by atoms with Gasteiger partial charge in [0.2, 0.25) is 0 Å². The van der Waals surface area contributed by atoms with Gasteiger partial charge in [0, 0.05) is 0 Å². The first-order valence-electron chi connectivity index (χ1n) is 7.44. The van der Waals surface area contributed by atoms with Crippen molar-refractivity contribution in [3.63, 3.8) is 0 Å². The van der Waals surface area contributed by atoms with Crippen molar-refractivity contribution in [1.82, 2.24) is 0 Å². The maximum atomic E-state index is 14.6. The number of alkyl halides is 7. The van der Waals surface area contributed by atoms with E-state index in [1.807, 2.05) is 0 Å². The highest BCUT2D eigenvalue weighted by Gasteiger charge is 2.80. The van der Waals surface area contributed by atoms with Crippen molar-refractivity contribution in [2.24, 2.45) is 0 Å². The van der Waals surface area contributed by atoms with Gasteiger partial charge in [-0.3, -0.25) is 0 Å². The lowest BCUT2D eigenvalue weighted by Gasteiger charge is -2.41. The van der Waals surface area contributed by atoms with E-state index in [1.54, 1.807) is 13.8 Å². The lowest BCUT2D eigenvalue weighted by Crippen LogP contribution is -2.63. The molecule has 0 aliphatic carbocycles. The molecule has 0 atom stereocenters. The fraction of sp³-hybridized carbons (Fsp3) is 0.333. The summed E-state index contributed by atoms with van der Waals surface area (Å²) in [5.74, 6) is -12.3. The maximum absolute atomic E-state index is 14.6. The van der Waals surface area contributed by atoms with Crippen LogP contribution in [0.2, 0.25) is 0 Å². The second kappa shape index (κ2) is 6.26. The van der Waals surface area contributed by atoms with Crippen LogP contribution < -0.4 is 0 Å². The van der Waals surface area contributed by atoms with Gasteiger partial charge in [-0.25, -0.2) is 0 Å². The zero-order chi connectivity index (χ0) is 20.0. The van der Waals surface area contributed by atoms with Crippen LogP contribution in [0.5, 0.6) is 0 Å². The number of aryl methyl sites for hydroxylation is 2. The van der Waals surface area contributed by atoms with E-state index in [1.165, 1.54) is 24.3 Å². The molecule has 0 bridgehead atoms. The lowest BCUT2D eigenvalue weighted by atomic mass is 9.77. The molecule has 0 radical (unpaired) electrons. The number of hydrogen-bond acceptors (Lipinski definition) is 1. The molecule has 1 nitrogen and oxygen atoms in total. The Morgan fingerprint density at radius 2 is 0.885 bits per heavy atom. The zero-order valence-electron chi connectivity index (χ0n) is 13.7. The summed E-state index contributed by atoms with van der Waals surface area (Å²) in [4.78, 5) is 0. The highest BCUT2D eigenvalue weighted by Crippen LogP contribution is 2.56.